The third-order valence-electron chi connectivity index (χ3n) is 4.15. The second-order valence-electron chi connectivity index (χ2n) is 5.02. The molecule has 0 saturated carbocycles. The van der Waals surface area contributed by atoms with Gasteiger partial charge in [0.15, 0.2) is 0 Å². The lowest BCUT2D eigenvalue weighted by Crippen LogP contribution is -2.57. The molecular weight excluding hydrogens is 244 g/mol. The Labute approximate surface area is 113 Å². The third kappa shape index (κ3) is 1.97. The van der Waals surface area contributed by atoms with Gasteiger partial charge in [-0.3, -0.25) is 4.90 Å². The Bertz CT molecular complexity index is 420. The molecule has 0 radical (unpaired) electrons. The molecule has 2 aliphatic heterocycles. The number of hydrogen-bond donors (Lipinski definition) is 2. The van der Waals surface area contributed by atoms with Crippen LogP contribution in [0.1, 0.15) is 12.0 Å². The van der Waals surface area contributed by atoms with Crippen molar-refractivity contribution in [2.75, 3.05) is 38.5 Å². The van der Waals surface area contributed by atoms with Gasteiger partial charge >= 0.3 is 0 Å². The minimum atomic E-state index is -0.149. The minimum absolute atomic E-state index is 0.149. The van der Waals surface area contributed by atoms with Crippen molar-refractivity contribution >= 4 is 11.8 Å². The first kappa shape index (κ1) is 12.5. The van der Waals surface area contributed by atoms with E-state index in [4.69, 9.17) is 0 Å². The molecule has 1 aromatic rings. The van der Waals surface area contributed by atoms with E-state index in [1.807, 2.05) is 11.8 Å². The summed E-state index contributed by atoms with van der Waals surface area (Å²) in [6, 6.07) is 8.57. The lowest BCUT2D eigenvalue weighted by Gasteiger charge is -2.48. The molecule has 0 bridgehead atoms. The number of piperazine rings is 1. The van der Waals surface area contributed by atoms with E-state index in [0.29, 0.717) is 0 Å². The van der Waals surface area contributed by atoms with Crippen molar-refractivity contribution < 1.29 is 5.11 Å². The van der Waals surface area contributed by atoms with Crippen LogP contribution < -0.4 is 5.32 Å². The van der Waals surface area contributed by atoms with Gasteiger partial charge in [0, 0.05) is 36.8 Å². The topological polar surface area (TPSA) is 35.5 Å². The number of hydrogen-bond acceptors (Lipinski definition) is 4. The second-order valence-corrected chi connectivity index (χ2v) is 6.16. The van der Waals surface area contributed by atoms with Gasteiger partial charge in [0.2, 0.25) is 0 Å². The first-order valence-corrected chi connectivity index (χ1v) is 7.64. The van der Waals surface area contributed by atoms with Crippen molar-refractivity contribution in [3.63, 3.8) is 0 Å². The van der Waals surface area contributed by atoms with Crippen LogP contribution in [0.5, 0.6) is 0 Å². The summed E-state index contributed by atoms with van der Waals surface area (Å²) in [5.74, 6) is 1.10. The van der Waals surface area contributed by atoms with E-state index in [0.717, 1.165) is 38.4 Å². The van der Waals surface area contributed by atoms with Crippen molar-refractivity contribution in [2.45, 2.75) is 16.9 Å². The van der Waals surface area contributed by atoms with Crippen molar-refractivity contribution in [1.82, 2.24) is 10.2 Å². The van der Waals surface area contributed by atoms with Crippen LogP contribution in [0.3, 0.4) is 0 Å². The lowest BCUT2D eigenvalue weighted by atomic mass is 9.85. The van der Waals surface area contributed by atoms with Gasteiger partial charge in [-0.05, 0) is 18.1 Å². The molecular formula is C14H20N2OS. The molecule has 3 rings (SSSR count). The zero-order valence-electron chi connectivity index (χ0n) is 10.6. The Kier molecular flexibility index (Phi) is 3.61. The van der Waals surface area contributed by atoms with Crippen molar-refractivity contribution in [2.24, 2.45) is 0 Å². The summed E-state index contributed by atoms with van der Waals surface area (Å²) < 4.78 is 0. The van der Waals surface area contributed by atoms with Crippen LogP contribution in [0.2, 0.25) is 0 Å². The van der Waals surface area contributed by atoms with E-state index >= 15 is 0 Å². The number of aliphatic hydroxyl groups excluding tert-OH is 1. The summed E-state index contributed by atoms with van der Waals surface area (Å²) in [5.41, 5.74) is 1.18. The Morgan fingerprint density at radius 2 is 2.06 bits per heavy atom. The first-order valence-electron chi connectivity index (χ1n) is 6.66. The second kappa shape index (κ2) is 5.21. The molecule has 1 atom stereocenters. The monoisotopic (exact) mass is 264 g/mol. The Hall–Kier alpha value is -0.550. The molecule has 2 heterocycles. The molecule has 1 fully saturated rings. The van der Waals surface area contributed by atoms with Gasteiger partial charge in [0.05, 0.1) is 12.1 Å². The fourth-order valence-electron chi connectivity index (χ4n) is 3.13. The number of rotatable bonds is 2. The summed E-state index contributed by atoms with van der Waals surface area (Å²) >= 11 is 1.92. The number of fused-ring (bicyclic) bond motifs is 1. The van der Waals surface area contributed by atoms with Crippen LogP contribution in [-0.4, -0.2) is 48.5 Å². The van der Waals surface area contributed by atoms with E-state index in [2.05, 4.69) is 34.5 Å². The smallest absolute Gasteiger partial charge is 0.0713 e. The van der Waals surface area contributed by atoms with Crippen LogP contribution in [0.4, 0.5) is 0 Å². The highest BCUT2D eigenvalue weighted by molar-refractivity contribution is 7.99. The van der Waals surface area contributed by atoms with Crippen molar-refractivity contribution in [1.29, 1.82) is 0 Å². The quantitative estimate of drug-likeness (QED) is 0.843. The molecule has 0 spiro atoms. The summed E-state index contributed by atoms with van der Waals surface area (Å²) in [6.45, 7) is 4.33. The van der Waals surface area contributed by atoms with Gasteiger partial charge < -0.3 is 10.4 Å². The Morgan fingerprint density at radius 1 is 1.28 bits per heavy atom. The number of aliphatic hydroxyl groups is 1. The molecule has 4 heteroatoms. The molecule has 2 N–H and O–H groups in total. The molecule has 2 aliphatic rings. The molecule has 1 saturated heterocycles. The van der Waals surface area contributed by atoms with E-state index in [9.17, 15) is 5.11 Å². The van der Waals surface area contributed by atoms with Crippen LogP contribution in [0.15, 0.2) is 29.2 Å². The van der Waals surface area contributed by atoms with E-state index in [1.165, 1.54) is 10.5 Å². The average molecular weight is 264 g/mol. The maximum atomic E-state index is 10.1. The first-order chi connectivity index (χ1) is 8.87. The molecule has 0 amide bonds. The predicted molar refractivity (Wildman–Crippen MR) is 75.0 cm³/mol. The lowest BCUT2D eigenvalue weighted by molar-refractivity contribution is 0.0115. The molecule has 1 aromatic carbocycles. The van der Waals surface area contributed by atoms with Crippen LogP contribution in [0, 0.1) is 0 Å². The fraction of sp³-hybridized carbons (Fsp3) is 0.571. The van der Waals surface area contributed by atoms with Gasteiger partial charge in [0.25, 0.3) is 0 Å². The van der Waals surface area contributed by atoms with Crippen molar-refractivity contribution in [3.8, 4) is 0 Å². The highest BCUT2D eigenvalue weighted by Crippen LogP contribution is 2.43. The minimum Gasteiger partial charge on any atom is -0.394 e. The summed E-state index contributed by atoms with van der Waals surface area (Å²) in [7, 11) is 0. The van der Waals surface area contributed by atoms with Gasteiger partial charge in [-0.1, -0.05) is 18.2 Å². The summed E-state index contributed by atoms with van der Waals surface area (Å²) in [5, 5.41) is 13.5. The number of nitrogens with one attached hydrogen (secondary N) is 1. The SMILES string of the molecule is OCC1(N2CCNCC2)CCSc2ccccc21. The maximum Gasteiger partial charge on any atom is 0.0713 e. The van der Waals surface area contributed by atoms with Crippen LogP contribution in [0.25, 0.3) is 0 Å². The standard InChI is InChI=1S/C14H20N2OS/c17-11-14(16-8-6-15-7-9-16)5-10-18-13-4-2-1-3-12(13)14/h1-4,15,17H,5-11H2. The third-order valence-corrected chi connectivity index (χ3v) is 5.22. The molecule has 0 aliphatic carbocycles. The van der Waals surface area contributed by atoms with Crippen LogP contribution >= 0.6 is 11.8 Å². The average Bonchev–Trinajstić information content (AvgIpc) is 2.47. The van der Waals surface area contributed by atoms with Gasteiger partial charge in [-0.2, -0.15) is 0 Å². The zero-order valence-corrected chi connectivity index (χ0v) is 11.4. The zero-order chi connectivity index (χ0) is 12.4. The molecule has 98 valence electrons. The molecule has 3 nitrogen and oxygen atoms in total. The molecule has 0 aromatic heterocycles. The Balaban J connectivity index is 2.01. The number of nitrogens with zero attached hydrogens (tertiary/aromatic N) is 1. The van der Waals surface area contributed by atoms with Gasteiger partial charge in [0.1, 0.15) is 0 Å². The fourth-order valence-corrected chi connectivity index (χ4v) is 4.37. The largest absolute Gasteiger partial charge is 0.394 e. The van der Waals surface area contributed by atoms with E-state index in [1.54, 1.807) is 0 Å². The van der Waals surface area contributed by atoms with E-state index < -0.39 is 0 Å². The number of benzene rings is 1. The van der Waals surface area contributed by atoms with Crippen LogP contribution in [-0.2, 0) is 5.54 Å². The number of thioether (sulfide) groups is 1. The van der Waals surface area contributed by atoms with Gasteiger partial charge in [-0.25, -0.2) is 0 Å². The highest BCUT2D eigenvalue weighted by Gasteiger charge is 2.41. The highest BCUT2D eigenvalue weighted by atomic mass is 32.2. The van der Waals surface area contributed by atoms with Crippen molar-refractivity contribution in [3.05, 3.63) is 29.8 Å². The van der Waals surface area contributed by atoms with Gasteiger partial charge in [-0.15, -0.1) is 11.8 Å². The molecule has 1 unspecified atom stereocenters. The molecule has 18 heavy (non-hydrogen) atoms. The predicted octanol–water partition coefficient (Wildman–Crippen LogP) is 1.28. The summed E-state index contributed by atoms with van der Waals surface area (Å²) in [6.07, 6.45) is 1.05. The Morgan fingerprint density at radius 3 is 2.83 bits per heavy atom. The normalized spacial score (nSPS) is 28.9. The summed E-state index contributed by atoms with van der Waals surface area (Å²) in [4.78, 5) is 3.82. The van der Waals surface area contributed by atoms with E-state index in [-0.39, 0.29) is 12.1 Å². The maximum absolute atomic E-state index is 10.1.